The van der Waals surface area contributed by atoms with Crippen molar-refractivity contribution in [2.24, 2.45) is 0 Å². The van der Waals surface area contributed by atoms with E-state index in [4.69, 9.17) is 11.6 Å². The molecule has 0 aliphatic heterocycles. The molecular formula is C8H7ClN4. The Labute approximate surface area is 79.9 Å². The van der Waals surface area contributed by atoms with E-state index in [9.17, 15) is 0 Å². The zero-order chi connectivity index (χ0) is 9.42. The maximum absolute atomic E-state index is 5.80. The van der Waals surface area contributed by atoms with E-state index >= 15 is 0 Å². The third-order valence-electron chi connectivity index (χ3n) is 1.70. The maximum atomic E-state index is 5.80. The van der Waals surface area contributed by atoms with Gasteiger partial charge in [-0.05, 0) is 18.6 Å². The van der Waals surface area contributed by atoms with Crippen LogP contribution in [0.2, 0.25) is 5.15 Å². The fourth-order valence-corrected chi connectivity index (χ4v) is 1.30. The van der Waals surface area contributed by atoms with Crippen LogP contribution in [-0.4, -0.2) is 19.8 Å². The van der Waals surface area contributed by atoms with Crippen molar-refractivity contribution in [1.82, 2.24) is 19.8 Å². The average molecular weight is 195 g/mol. The van der Waals surface area contributed by atoms with Crippen molar-refractivity contribution in [3.8, 4) is 0 Å². The van der Waals surface area contributed by atoms with Gasteiger partial charge >= 0.3 is 0 Å². The maximum Gasteiger partial charge on any atom is 0.185 e. The summed E-state index contributed by atoms with van der Waals surface area (Å²) in [6, 6.07) is 1.73. The van der Waals surface area contributed by atoms with Gasteiger partial charge < -0.3 is 0 Å². The highest BCUT2D eigenvalue weighted by Crippen LogP contribution is 2.18. The quantitative estimate of drug-likeness (QED) is 0.696. The van der Waals surface area contributed by atoms with Gasteiger partial charge in [-0.1, -0.05) is 18.2 Å². The monoisotopic (exact) mass is 194 g/mol. The number of nitrogens with zero attached hydrogens (tertiary/aromatic N) is 4. The summed E-state index contributed by atoms with van der Waals surface area (Å²) < 4.78 is 1.53. The molecule has 0 saturated carbocycles. The summed E-state index contributed by atoms with van der Waals surface area (Å²) >= 11 is 5.80. The Morgan fingerprint density at radius 3 is 3.08 bits per heavy atom. The van der Waals surface area contributed by atoms with E-state index in [1.54, 1.807) is 6.07 Å². The second-order valence-electron chi connectivity index (χ2n) is 2.76. The van der Waals surface area contributed by atoms with Gasteiger partial charge in [-0.15, -0.1) is 10.2 Å². The molecule has 0 aliphatic carbocycles. The first-order valence-electron chi connectivity index (χ1n) is 3.71. The van der Waals surface area contributed by atoms with Crippen LogP contribution in [0.15, 0.2) is 19.0 Å². The van der Waals surface area contributed by atoms with E-state index in [2.05, 4.69) is 21.9 Å². The van der Waals surface area contributed by atoms with Crippen LogP contribution >= 0.6 is 11.6 Å². The van der Waals surface area contributed by atoms with Crippen molar-refractivity contribution < 1.29 is 0 Å². The SMILES string of the molecule is C=C(C)c1cc(Cl)nn2cnnc12. The van der Waals surface area contributed by atoms with Crippen LogP contribution in [0.4, 0.5) is 0 Å². The minimum absolute atomic E-state index is 0.408. The molecule has 0 radical (unpaired) electrons. The lowest BCUT2D eigenvalue weighted by molar-refractivity contribution is 0.924. The molecule has 5 heteroatoms. The zero-order valence-corrected chi connectivity index (χ0v) is 7.78. The van der Waals surface area contributed by atoms with E-state index in [1.165, 1.54) is 10.8 Å². The first-order valence-corrected chi connectivity index (χ1v) is 4.09. The van der Waals surface area contributed by atoms with Crippen molar-refractivity contribution in [2.75, 3.05) is 0 Å². The van der Waals surface area contributed by atoms with Crippen molar-refractivity contribution >= 4 is 22.8 Å². The molecule has 2 heterocycles. The number of aromatic nitrogens is 4. The van der Waals surface area contributed by atoms with Gasteiger partial charge in [-0.2, -0.15) is 9.61 Å². The lowest BCUT2D eigenvalue weighted by Crippen LogP contribution is -1.94. The molecule has 0 spiro atoms. The van der Waals surface area contributed by atoms with Gasteiger partial charge in [0, 0.05) is 5.56 Å². The fourth-order valence-electron chi connectivity index (χ4n) is 1.11. The normalized spacial score (nSPS) is 10.6. The average Bonchev–Trinajstić information content (AvgIpc) is 2.49. The molecule has 0 aromatic carbocycles. The molecule has 0 aliphatic rings. The molecule has 0 bridgehead atoms. The van der Waals surface area contributed by atoms with Gasteiger partial charge in [-0.3, -0.25) is 0 Å². The van der Waals surface area contributed by atoms with Gasteiger partial charge in [0.1, 0.15) is 6.33 Å². The number of hydrogen-bond acceptors (Lipinski definition) is 3. The molecule has 0 unspecified atom stereocenters. The van der Waals surface area contributed by atoms with E-state index in [0.717, 1.165) is 11.1 Å². The molecule has 0 amide bonds. The molecule has 0 saturated heterocycles. The molecular weight excluding hydrogens is 188 g/mol. The second-order valence-corrected chi connectivity index (χ2v) is 3.15. The van der Waals surface area contributed by atoms with Crippen LogP contribution in [-0.2, 0) is 0 Å². The number of hydrogen-bond donors (Lipinski definition) is 0. The Kier molecular flexibility index (Phi) is 1.77. The summed E-state index contributed by atoms with van der Waals surface area (Å²) in [5, 5.41) is 12.1. The molecule has 2 rings (SSSR count). The minimum atomic E-state index is 0.408. The van der Waals surface area contributed by atoms with Crippen molar-refractivity contribution in [3.63, 3.8) is 0 Å². The summed E-state index contributed by atoms with van der Waals surface area (Å²) in [6.45, 7) is 5.72. The summed E-state index contributed by atoms with van der Waals surface area (Å²) in [4.78, 5) is 0. The molecule has 2 aromatic rings. The van der Waals surface area contributed by atoms with Crippen molar-refractivity contribution in [1.29, 1.82) is 0 Å². The van der Waals surface area contributed by atoms with Gasteiger partial charge in [0.15, 0.2) is 10.8 Å². The molecule has 4 nitrogen and oxygen atoms in total. The van der Waals surface area contributed by atoms with Crippen LogP contribution in [0.5, 0.6) is 0 Å². The van der Waals surface area contributed by atoms with Gasteiger partial charge in [0.05, 0.1) is 0 Å². The summed E-state index contributed by atoms with van der Waals surface area (Å²) in [5.41, 5.74) is 2.44. The van der Waals surface area contributed by atoms with Crippen LogP contribution < -0.4 is 0 Å². The van der Waals surface area contributed by atoms with Crippen LogP contribution in [0.25, 0.3) is 11.2 Å². The van der Waals surface area contributed by atoms with Gasteiger partial charge in [-0.25, -0.2) is 0 Å². The standard InChI is InChI=1S/C8H7ClN4/c1-5(2)6-3-7(9)12-13-4-10-11-8(6)13/h3-4H,1H2,2H3. The predicted molar refractivity (Wildman–Crippen MR) is 50.5 cm³/mol. The van der Waals surface area contributed by atoms with E-state index < -0.39 is 0 Å². The molecule has 0 fully saturated rings. The predicted octanol–water partition coefficient (Wildman–Crippen LogP) is 1.81. The molecule has 13 heavy (non-hydrogen) atoms. The Bertz CT molecular complexity index is 474. The Morgan fingerprint density at radius 2 is 2.38 bits per heavy atom. The minimum Gasteiger partial charge on any atom is -0.198 e. The van der Waals surface area contributed by atoms with Crippen molar-refractivity contribution in [2.45, 2.75) is 6.92 Å². The lowest BCUT2D eigenvalue weighted by atomic mass is 10.1. The highest BCUT2D eigenvalue weighted by molar-refractivity contribution is 6.29. The number of rotatable bonds is 1. The second kappa shape index (κ2) is 2.81. The summed E-state index contributed by atoms with van der Waals surface area (Å²) in [7, 11) is 0. The topological polar surface area (TPSA) is 43.1 Å². The molecule has 2 aromatic heterocycles. The largest absolute Gasteiger partial charge is 0.198 e. The van der Waals surface area contributed by atoms with E-state index in [1.807, 2.05) is 6.92 Å². The first kappa shape index (κ1) is 8.19. The van der Waals surface area contributed by atoms with Gasteiger partial charge in [0.2, 0.25) is 0 Å². The fraction of sp³-hybridized carbons (Fsp3) is 0.125. The molecule has 0 atom stereocenters. The number of halogens is 1. The number of allylic oxidation sites excluding steroid dienone is 1. The highest BCUT2D eigenvalue weighted by Gasteiger charge is 2.06. The van der Waals surface area contributed by atoms with Crippen LogP contribution in [0.3, 0.4) is 0 Å². The highest BCUT2D eigenvalue weighted by atomic mass is 35.5. The zero-order valence-electron chi connectivity index (χ0n) is 7.03. The summed E-state index contributed by atoms with van der Waals surface area (Å²) in [5.74, 6) is 0. The Balaban J connectivity index is 2.84. The third-order valence-corrected chi connectivity index (χ3v) is 1.88. The molecule has 66 valence electrons. The Hall–Kier alpha value is -1.42. The van der Waals surface area contributed by atoms with E-state index in [-0.39, 0.29) is 0 Å². The Morgan fingerprint density at radius 1 is 1.62 bits per heavy atom. The third kappa shape index (κ3) is 1.29. The van der Waals surface area contributed by atoms with E-state index in [0.29, 0.717) is 10.8 Å². The van der Waals surface area contributed by atoms with Crippen LogP contribution in [0, 0.1) is 0 Å². The first-order chi connectivity index (χ1) is 6.18. The lowest BCUT2D eigenvalue weighted by Gasteiger charge is -2.01. The van der Waals surface area contributed by atoms with Crippen LogP contribution in [0.1, 0.15) is 12.5 Å². The van der Waals surface area contributed by atoms with Gasteiger partial charge in [0.25, 0.3) is 0 Å². The molecule has 0 N–H and O–H groups in total. The summed E-state index contributed by atoms with van der Waals surface area (Å²) in [6.07, 6.45) is 1.51. The van der Waals surface area contributed by atoms with Crippen molar-refractivity contribution in [3.05, 3.63) is 29.7 Å². The smallest absolute Gasteiger partial charge is 0.185 e. The number of fused-ring (bicyclic) bond motifs is 1.